The van der Waals surface area contributed by atoms with Crippen molar-refractivity contribution in [2.24, 2.45) is 5.10 Å². The Morgan fingerprint density at radius 1 is 1.03 bits per heavy atom. The van der Waals surface area contributed by atoms with Crippen molar-refractivity contribution in [2.75, 3.05) is 19.7 Å². The first-order chi connectivity index (χ1) is 15.0. The molecular weight excluding hydrogens is 394 g/mol. The summed E-state index contributed by atoms with van der Waals surface area (Å²) in [5, 5.41) is 8.49. The van der Waals surface area contributed by atoms with Crippen LogP contribution in [-0.4, -0.2) is 48.2 Å². The first kappa shape index (κ1) is 22.2. The normalized spacial score (nSPS) is 12.9. The number of benzene rings is 2. The van der Waals surface area contributed by atoms with Crippen LogP contribution in [0.4, 0.5) is 0 Å². The second kappa shape index (κ2) is 11.1. The van der Waals surface area contributed by atoms with Crippen molar-refractivity contribution in [1.82, 2.24) is 10.3 Å². The molecule has 1 heterocycles. The average molecular weight is 421 g/mol. The van der Waals surface area contributed by atoms with E-state index in [4.69, 9.17) is 4.74 Å². The number of hydrazone groups is 1. The van der Waals surface area contributed by atoms with Crippen molar-refractivity contribution in [2.45, 2.75) is 32.6 Å². The van der Waals surface area contributed by atoms with Crippen molar-refractivity contribution >= 4 is 23.5 Å². The summed E-state index contributed by atoms with van der Waals surface area (Å²) >= 11 is 0. The van der Waals surface area contributed by atoms with Gasteiger partial charge in [-0.2, -0.15) is 5.10 Å². The number of esters is 1. The van der Waals surface area contributed by atoms with Gasteiger partial charge in [-0.1, -0.05) is 54.6 Å². The molecule has 0 unspecified atom stereocenters. The Balaban J connectivity index is 1.33. The predicted molar refractivity (Wildman–Crippen MR) is 117 cm³/mol. The molecule has 0 aliphatic carbocycles. The molecule has 1 aliphatic rings. The summed E-state index contributed by atoms with van der Waals surface area (Å²) in [6.07, 6.45) is 1.31. The van der Waals surface area contributed by atoms with Gasteiger partial charge in [0, 0.05) is 19.4 Å². The van der Waals surface area contributed by atoms with Crippen LogP contribution < -0.4 is 5.32 Å². The van der Waals surface area contributed by atoms with Crippen molar-refractivity contribution in [3.8, 4) is 0 Å². The van der Waals surface area contributed by atoms with Gasteiger partial charge >= 0.3 is 5.97 Å². The highest BCUT2D eigenvalue weighted by Gasteiger charge is 2.22. The molecule has 7 heteroatoms. The van der Waals surface area contributed by atoms with E-state index in [0.717, 1.165) is 11.3 Å². The lowest BCUT2D eigenvalue weighted by Crippen LogP contribution is -2.31. The minimum Gasteiger partial charge on any atom is -0.456 e. The molecular formula is C24H27N3O4. The van der Waals surface area contributed by atoms with E-state index in [1.807, 2.05) is 61.5 Å². The van der Waals surface area contributed by atoms with Crippen molar-refractivity contribution in [3.05, 3.63) is 71.3 Å². The molecule has 0 radical (unpaired) electrons. The highest BCUT2D eigenvalue weighted by atomic mass is 16.5. The highest BCUT2D eigenvalue weighted by molar-refractivity contribution is 6.02. The minimum absolute atomic E-state index is 0.000688. The number of aryl methyl sites for hydroxylation is 1. The Hall–Kier alpha value is -3.48. The van der Waals surface area contributed by atoms with Crippen LogP contribution >= 0.6 is 0 Å². The van der Waals surface area contributed by atoms with Gasteiger partial charge in [-0.25, -0.2) is 5.01 Å². The Morgan fingerprint density at radius 2 is 1.77 bits per heavy atom. The molecule has 1 N–H and O–H groups in total. The van der Waals surface area contributed by atoms with Crippen molar-refractivity contribution in [1.29, 1.82) is 0 Å². The SMILES string of the molecule is Cc1ccccc1CCNC(=O)COC(=O)CCC(=O)N1CCC(c2ccccc2)=N1. The molecule has 0 saturated heterocycles. The predicted octanol–water partition coefficient (Wildman–Crippen LogP) is 2.61. The zero-order chi connectivity index (χ0) is 22.1. The number of nitrogens with one attached hydrogen (secondary N) is 1. The average Bonchev–Trinajstić information content (AvgIpc) is 3.28. The molecule has 0 fully saturated rings. The quantitative estimate of drug-likeness (QED) is 0.631. The van der Waals surface area contributed by atoms with Crippen molar-refractivity contribution < 1.29 is 19.1 Å². The zero-order valence-corrected chi connectivity index (χ0v) is 17.7. The molecule has 31 heavy (non-hydrogen) atoms. The van der Waals surface area contributed by atoms with Crippen LogP contribution in [0.3, 0.4) is 0 Å². The van der Waals surface area contributed by atoms with E-state index in [1.54, 1.807) is 0 Å². The Kier molecular flexibility index (Phi) is 7.92. The Bertz CT molecular complexity index is 956. The third-order valence-corrected chi connectivity index (χ3v) is 5.08. The van der Waals surface area contributed by atoms with Gasteiger partial charge in [-0.3, -0.25) is 14.4 Å². The first-order valence-corrected chi connectivity index (χ1v) is 10.4. The minimum atomic E-state index is -0.575. The summed E-state index contributed by atoms with van der Waals surface area (Å²) < 4.78 is 4.98. The molecule has 2 aromatic carbocycles. The molecule has 0 saturated carbocycles. The van der Waals surface area contributed by atoms with Gasteiger partial charge in [0.2, 0.25) is 5.91 Å². The number of hydrogen-bond donors (Lipinski definition) is 1. The van der Waals surface area contributed by atoms with Crippen LogP contribution in [0.2, 0.25) is 0 Å². The number of ether oxygens (including phenoxy) is 1. The molecule has 0 aromatic heterocycles. The largest absolute Gasteiger partial charge is 0.456 e. The Morgan fingerprint density at radius 3 is 2.55 bits per heavy atom. The maximum Gasteiger partial charge on any atom is 0.306 e. The maximum absolute atomic E-state index is 12.3. The van der Waals surface area contributed by atoms with Gasteiger partial charge in [0.25, 0.3) is 5.91 Å². The molecule has 162 valence electrons. The van der Waals surface area contributed by atoms with Gasteiger partial charge in [0.1, 0.15) is 0 Å². The number of nitrogens with zero attached hydrogens (tertiary/aromatic N) is 2. The van der Waals surface area contributed by atoms with Crippen LogP contribution in [0.15, 0.2) is 59.7 Å². The van der Waals surface area contributed by atoms with Gasteiger partial charge in [0.15, 0.2) is 6.61 Å². The number of rotatable bonds is 9. The summed E-state index contributed by atoms with van der Waals surface area (Å²) in [4.78, 5) is 36.0. The number of hydrogen-bond acceptors (Lipinski definition) is 5. The summed E-state index contributed by atoms with van der Waals surface area (Å²) in [5.74, 6) is -1.16. The molecule has 2 amide bonds. The summed E-state index contributed by atoms with van der Waals surface area (Å²) in [5.41, 5.74) is 4.19. The van der Waals surface area contributed by atoms with Gasteiger partial charge in [-0.15, -0.1) is 0 Å². The summed E-state index contributed by atoms with van der Waals surface area (Å²) in [6.45, 7) is 2.65. The van der Waals surface area contributed by atoms with Gasteiger partial charge in [0.05, 0.1) is 18.7 Å². The van der Waals surface area contributed by atoms with Crippen LogP contribution in [0.1, 0.15) is 36.0 Å². The zero-order valence-electron chi connectivity index (χ0n) is 17.7. The van der Waals surface area contributed by atoms with Crippen LogP contribution in [-0.2, 0) is 25.5 Å². The van der Waals surface area contributed by atoms with Crippen LogP contribution in [0.5, 0.6) is 0 Å². The maximum atomic E-state index is 12.3. The molecule has 0 atom stereocenters. The number of carbonyl (C=O) groups excluding carboxylic acids is 3. The standard InChI is InChI=1S/C24H27N3O4/c1-18-7-5-6-8-19(18)13-15-25-22(28)17-31-24(30)12-11-23(29)27-16-14-21(26-27)20-9-3-2-4-10-20/h2-10H,11-17H2,1H3,(H,25,28). The van der Waals surface area contributed by atoms with E-state index in [-0.39, 0.29) is 31.3 Å². The first-order valence-electron chi connectivity index (χ1n) is 10.4. The molecule has 0 bridgehead atoms. The fourth-order valence-corrected chi connectivity index (χ4v) is 3.31. The molecule has 0 spiro atoms. The topological polar surface area (TPSA) is 88.1 Å². The highest BCUT2D eigenvalue weighted by Crippen LogP contribution is 2.15. The smallest absolute Gasteiger partial charge is 0.306 e. The van der Waals surface area contributed by atoms with Crippen LogP contribution in [0.25, 0.3) is 0 Å². The van der Waals surface area contributed by atoms with Gasteiger partial charge < -0.3 is 10.1 Å². The monoisotopic (exact) mass is 421 g/mol. The lowest BCUT2D eigenvalue weighted by Gasteiger charge is -2.11. The lowest BCUT2D eigenvalue weighted by atomic mass is 10.1. The second-order valence-electron chi connectivity index (χ2n) is 7.37. The summed E-state index contributed by atoms with van der Waals surface area (Å²) in [7, 11) is 0. The van der Waals surface area contributed by atoms with E-state index in [2.05, 4.69) is 10.4 Å². The molecule has 2 aromatic rings. The van der Waals surface area contributed by atoms with E-state index in [1.165, 1.54) is 16.1 Å². The lowest BCUT2D eigenvalue weighted by molar-refractivity contribution is -0.149. The fraction of sp³-hybridized carbons (Fsp3) is 0.333. The van der Waals surface area contributed by atoms with E-state index in [9.17, 15) is 14.4 Å². The second-order valence-corrected chi connectivity index (χ2v) is 7.37. The summed E-state index contributed by atoms with van der Waals surface area (Å²) in [6, 6.07) is 17.7. The Labute approximate surface area is 182 Å². The van der Waals surface area contributed by atoms with E-state index < -0.39 is 5.97 Å². The number of carbonyl (C=O) groups is 3. The fourth-order valence-electron chi connectivity index (χ4n) is 3.31. The molecule has 7 nitrogen and oxygen atoms in total. The number of amides is 2. The third kappa shape index (κ3) is 6.77. The van der Waals surface area contributed by atoms with E-state index >= 15 is 0 Å². The van der Waals surface area contributed by atoms with Gasteiger partial charge in [-0.05, 0) is 30.0 Å². The molecule has 1 aliphatic heterocycles. The molecule has 3 rings (SSSR count). The van der Waals surface area contributed by atoms with Crippen LogP contribution in [0, 0.1) is 6.92 Å². The van der Waals surface area contributed by atoms with Crippen molar-refractivity contribution in [3.63, 3.8) is 0 Å². The van der Waals surface area contributed by atoms with E-state index in [0.29, 0.717) is 25.9 Å². The third-order valence-electron chi connectivity index (χ3n) is 5.08.